The first-order valence-electron chi connectivity index (χ1n) is 7.71. The number of rotatable bonds is 0. The van der Waals surface area contributed by atoms with E-state index in [4.69, 9.17) is 14.3 Å². The molecule has 82 valence electrons. The fourth-order valence-corrected chi connectivity index (χ4v) is 0.805. The second-order valence-corrected chi connectivity index (χ2v) is 3.79. The topological polar surface area (TPSA) is 49.8 Å². The van der Waals surface area contributed by atoms with E-state index < -0.39 is 43.6 Å². The second-order valence-electron chi connectivity index (χ2n) is 3.79. The molecular formula is C10H19NO3. The zero-order chi connectivity index (χ0) is 17.1. The van der Waals surface area contributed by atoms with E-state index in [1.807, 2.05) is 0 Å². The number of carbonyl (C=O) groups is 1. The highest BCUT2D eigenvalue weighted by Gasteiger charge is 2.26. The molecule has 1 N–H and O–H groups in total. The van der Waals surface area contributed by atoms with Gasteiger partial charge >= 0.3 is 6.09 Å². The molecule has 1 saturated heterocycles. The van der Waals surface area contributed by atoms with Gasteiger partial charge in [-0.1, -0.05) is 0 Å². The summed E-state index contributed by atoms with van der Waals surface area (Å²) in [6.45, 7) is -1.60. The van der Waals surface area contributed by atoms with Crippen molar-refractivity contribution in [1.29, 1.82) is 0 Å². The minimum Gasteiger partial charge on any atom is -0.444 e. The van der Waals surface area contributed by atoms with E-state index in [2.05, 4.69) is 0 Å². The van der Waals surface area contributed by atoms with E-state index in [1.165, 1.54) is 20.8 Å². The normalized spacial score (nSPS) is 46.9. The summed E-state index contributed by atoms with van der Waals surface area (Å²) < 4.78 is 58.4. The van der Waals surface area contributed by atoms with E-state index in [0.717, 1.165) is 0 Å². The summed E-state index contributed by atoms with van der Waals surface area (Å²) in [5.41, 5.74) is -1.04. The van der Waals surface area contributed by atoms with Gasteiger partial charge in [-0.15, -0.1) is 0 Å². The van der Waals surface area contributed by atoms with Crippen molar-refractivity contribution in [3.8, 4) is 0 Å². The summed E-state index contributed by atoms with van der Waals surface area (Å²) in [6.07, 6.45) is -8.70. The van der Waals surface area contributed by atoms with Crippen molar-refractivity contribution in [3.05, 3.63) is 0 Å². The molecule has 0 aromatic heterocycles. The number of β-amino-alcohol motifs (C(OH)–C–C–N with tert-alkyl or cyclic N) is 1. The van der Waals surface area contributed by atoms with Crippen LogP contribution in [-0.4, -0.2) is 40.8 Å². The molecule has 1 fully saturated rings. The van der Waals surface area contributed by atoms with Crippen molar-refractivity contribution in [2.24, 2.45) is 0 Å². The lowest BCUT2D eigenvalue weighted by Crippen LogP contribution is -2.44. The molecule has 0 aromatic carbocycles. The highest BCUT2D eigenvalue weighted by molar-refractivity contribution is 5.68. The first-order chi connectivity index (χ1) is 8.96. The number of nitrogens with zero attached hydrogens (tertiary/aromatic N) is 1. The van der Waals surface area contributed by atoms with Crippen molar-refractivity contribution >= 4 is 6.09 Å². The Morgan fingerprint density at radius 3 is 2.93 bits per heavy atom. The van der Waals surface area contributed by atoms with Gasteiger partial charge < -0.3 is 14.7 Å². The zero-order valence-corrected chi connectivity index (χ0v) is 8.42. The molecule has 0 radical (unpaired) electrons. The van der Waals surface area contributed by atoms with Crippen LogP contribution in [0.1, 0.15) is 43.2 Å². The third kappa shape index (κ3) is 3.54. The smallest absolute Gasteiger partial charge is 0.410 e. The number of amides is 1. The van der Waals surface area contributed by atoms with Gasteiger partial charge in [0.15, 0.2) is 0 Å². The summed E-state index contributed by atoms with van der Waals surface area (Å²) in [5, 5.41) is 9.88. The van der Waals surface area contributed by atoms with Crippen molar-refractivity contribution in [1.82, 2.24) is 4.90 Å². The molecule has 1 aliphatic heterocycles. The van der Waals surface area contributed by atoms with Crippen LogP contribution in [0.25, 0.3) is 0 Å². The standard InChI is InChI=1S/C10H19NO3/c1-10(2,3)14-9(13)11-6-4-5-8(12)7-11/h8,12H,4-7H2,1-3H3/t8-/m0/s1/i5D2,6D2,7D2,8D. The van der Waals surface area contributed by atoms with Gasteiger partial charge in [-0.25, -0.2) is 4.79 Å². The molecule has 1 aliphatic rings. The Hall–Kier alpha value is -0.770. The first-order valence-corrected chi connectivity index (χ1v) is 4.21. The fraction of sp³-hybridized carbons (Fsp3) is 0.900. The predicted molar refractivity (Wildman–Crippen MR) is 53.0 cm³/mol. The number of hydrogen-bond donors (Lipinski definition) is 1. The molecule has 1 rings (SSSR count). The lowest BCUT2D eigenvalue weighted by Gasteiger charge is -2.32. The van der Waals surface area contributed by atoms with Gasteiger partial charge in [0.1, 0.15) is 5.60 Å². The number of aliphatic hydroxyl groups is 1. The number of piperidine rings is 1. The van der Waals surface area contributed by atoms with E-state index in [1.54, 1.807) is 0 Å². The number of likely N-dealkylation sites (tertiary alicyclic amines) is 1. The molecule has 1 amide bonds. The van der Waals surface area contributed by atoms with Crippen LogP contribution in [0.15, 0.2) is 0 Å². The molecule has 0 unspecified atom stereocenters. The van der Waals surface area contributed by atoms with Gasteiger partial charge in [-0.2, -0.15) is 0 Å². The Morgan fingerprint density at radius 1 is 1.71 bits per heavy atom. The number of carbonyl (C=O) groups excluding carboxylic acids is 1. The van der Waals surface area contributed by atoms with Crippen LogP contribution in [-0.2, 0) is 4.74 Å². The number of ether oxygens (including phenoxy) is 1. The van der Waals surface area contributed by atoms with E-state index >= 15 is 0 Å². The van der Waals surface area contributed by atoms with E-state index in [0.29, 0.717) is 0 Å². The van der Waals surface area contributed by atoms with Gasteiger partial charge in [0.2, 0.25) is 0 Å². The molecule has 1 atom stereocenters. The Morgan fingerprint density at radius 2 is 2.36 bits per heavy atom. The Bertz CT molecular complexity index is 444. The van der Waals surface area contributed by atoms with Gasteiger partial charge in [0.05, 0.1) is 10.2 Å². The molecule has 0 aromatic rings. The van der Waals surface area contributed by atoms with Crippen LogP contribution < -0.4 is 0 Å². The summed E-state index contributed by atoms with van der Waals surface area (Å²) >= 11 is 0. The van der Waals surface area contributed by atoms with Crippen LogP contribution in [0.4, 0.5) is 4.79 Å². The highest BCUT2D eigenvalue weighted by Crippen LogP contribution is 2.14. The van der Waals surface area contributed by atoms with E-state index in [9.17, 15) is 9.90 Å². The summed E-state index contributed by atoms with van der Waals surface area (Å²) in [7, 11) is 0. The minimum absolute atomic E-state index is 0.0421. The average molecular weight is 208 g/mol. The van der Waals surface area contributed by atoms with Crippen LogP contribution in [0.2, 0.25) is 0 Å². The van der Waals surface area contributed by atoms with Crippen LogP contribution >= 0.6 is 0 Å². The lowest BCUT2D eigenvalue weighted by molar-refractivity contribution is 0.00391. The van der Waals surface area contributed by atoms with E-state index in [-0.39, 0.29) is 4.90 Å². The number of hydrogen-bond acceptors (Lipinski definition) is 3. The SMILES string of the molecule is [2H]C1([2H])CC([2H])([2H])[C@]([2H])(O)C([2H])([2H])N1C(=O)OC(C)(C)C. The first kappa shape index (κ1) is 4.84. The van der Waals surface area contributed by atoms with Crippen LogP contribution in [0.3, 0.4) is 0 Å². The fourth-order valence-electron chi connectivity index (χ4n) is 0.805. The average Bonchev–Trinajstić information content (AvgIpc) is 2.08. The van der Waals surface area contributed by atoms with Crippen molar-refractivity contribution in [3.63, 3.8) is 0 Å². The van der Waals surface area contributed by atoms with Crippen LogP contribution in [0.5, 0.6) is 0 Å². The Kier molecular flexibility index (Phi) is 1.44. The largest absolute Gasteiger partial charge is 0.444 e. The minimum atomic E-state index is -3.34. The monoisotopic (exact) mass is 208 g/mol. The van der Waals surface area contributed by atoms with Crippen molar-refractivity contribution < 1.29 is 24.2 Å². The van der Waals surface area contributed by atoms with Crippen molar-refractivity contribution in [2.75, 3.05) is 13.0 Å². The predicted octanol–water partition coefficient (Wildman–Crippen LogP) is 1.38. The summed E-state index contributed by atoms with van der Waals surface area (Å²) in [4.78, 5) is 12.0. The molecular weight excluding hydrogens is 182 g/mol. The molecule has 0 aliphatic carbocycles. The second kappa shape index (κ2) is 4.17. The molecule has 4 nitrogen and oxygen atoms in total. The zero-order valence-electron chi connectivity index (χ0n) is 15.4. The molecule has 0 bridgehead atoms. The highest BCUT2D eigenvalue weighted by atomic mass is 16.6. The van der Waals surface area contributed by atoms with Gasteiger partial charge in [-0.3, -0.25) is 0 Å². The third-order valence-electron chi connectivity index (χ3n) is 1.29. The maximum Gasteiger partial charge on any atom is 0.410 e. The van der Waals surface area contributed by atoms with Crippen LogP contribution in [0, 0.1) is 0 Å². The summed E-state index contributed by atoms with van der Waals surface area (Å²) in [6, 6.07) is 0. The van der Waals surface area contributed by atoms with Gasteiger partial charge in [-0.05, 0) is 33.6 Å². The van der Waals surface area contributed by atoms with Crippen molar-refractivity contribution in [2.45, 2.75) is 45.2 Å². The molecule has 14 heavy (non-hydrogen) atoms. The quantitative estimate of drug-likeness (QED) is 0.654. The molecule has 0 saturated carbocycles. The summed E-state index contributed by atoms with van der Waals surface area (Å²) in [5.74, 6) is 0. The molecule has 1 heterocycles. The lowest BCUT2D eigenvalue weighted by atomic mass is 10.1. The maximum absolute atomic E-state index is 12.1. The third-order valence-corrected chi connectivity index (χ3v) is 1.29. The molecule has 0 spiro atoms. The maximum atomic E-state index is 12.1. The molecule has 4 heteroatoms. The Balaban J connectivity index is 3.33. The Labute approximate surface area is 94.7 Å². The van der Waals surface area contributed by atoms with Gasteiger partial charge in [0, 0.05) is 18.5 Å². The van der Waals surface area contributed by atoms with Gasteiger partial charge in [0.25, 0.3) is 0 Å².